The topological polar surface area (TPSA) is 133 Å². The molecule has 1 amide bonds. The Labute approximate surface area is 302 Å². The summed E-state index contributed by atoms with van der Waals surface area (Å²) in [4.78, 5) is 25.5. The van der Waals surface area contributed by atoms with Crippen LogP contribution in [0.5, 0.6) is 0 Å². The summed E-state index contributed by atoms with van der Waals surface area (Å²) in [6.07, 6.45) is 3.46. The van der Waals surface area contributed by atoms with Gasteiger partial charge in [0.15, 0.2) is 5.69 Å². The number of nitrogens with zero attached hydrogens (tertiary/aromatic N) is 6. The van der Waals surface area contributed by atoms with Crippen LogP contribution in [0.1, 0.15) is 84.5 Å². The zero-order valence-electron chi connectivity index (χ0n) is 29.8. The highest BCUT2D eigenvalue weighted by atomic mass is 28.2. The standard InChI is InChI=1S/C39H47N7O4Si/c1-5-7-19-44(20-8-6-2)39(49)35-21-26(3)46(41-35)36-18-15-31(43-51-33-16-13-28(14-17-33)37-40-27(4)50-42-37)23-34(36)38(48)45-24-30-12-10-9-11-29(30)22-32(45)25-47/h9-18,21,23,32,38,43,47-48H,5-8,19-20,22,24-25H2,1-4H3/t32-,38?/m0/s1. The zero-order chi connectivity index (χ0) is 35.9. The molecular weight excluding hydrogens is 659 g/mol. The van der Waals surface area contributed by atoms with E-state index in [1.54, 1.807) is 11.6 Å². The third kappa shape index (κ3) is 8.31. The maximum absolute atomic E-state index is 13.7. The van der Waals surface area contributed by atoms with E-state index in [0.29, 0.717) is 54.7 Å². The molecule has 1 aliphatic heterocycles. The van der Waals surface area contributed by atoms with Crippen LogP contribution in [0.4, 0.5) is 5.69 Å². The Kier molecular flexibility index (Phi) is 11.8. The van der Waals surface area contributed by atoms with E-state index in [2.05, 4.69) is 41.1 Å². The van der Waals surface area contributed by atoms with Crippen molar-refractivity contribution in [1.82, 2.24) is 29.7 Å². The molecule has 0 aliphatic carbocycles. The van der Waals surface area contributed by atoms with Crippen LogP contribution < -0.4 is 10.2 Å². The SMILES string of the molecule is CCCCN(CCCC)C(=O)c1cc(C)n(-c2ccc(N[Si]c3ccc(-c4noc(C)n4)cc3)cc2C(O)N2Cc3ccccc3C[C@H]2CO)n1. The van der Waals surface area contributed by atoms with E-state index in [4.69, 9.17) is 9.62 Å². The first-order chi connectivity index (χ1) is 24.8. The average Bonchev–Trinajstić information content (AvgIpc) is 3.78. The molecule has 0 bridgehead atoms. The number of aromatic nitrogens is 4. The lowest BCUT2D eigenvalue weighted by Gasteiger charge is -2.39. The average molecular weight is 706 g/mol. The van der Waals surface area contributed by atoms with E-state index in [1.807, 2.05) is 77.4 Å². The first-order valence-electron chi connectivity index (χ1n) is 17.8. The van der Waals surface area contributed by atoms with Crippen molar-refractivity contribution in [2.24, 2.45) is 0 Å². The number of aliphatic hydroxyl groups is 2. The monoisotopic (exact) mass is 705 g/mol. The first-order valence-corrected chi connectivity index (χ1v) is 18.8. The van der Waals surface area contributed by atoms with Crippen LogP contribution >= 0.6 is 0 Å². The quantitative estimate of drug-likeness (QED) is 0.123. The highest BCUT2D eigenvalue weighted by Gasteiger charge is 2.33. The Morgan fingerprint density at radius 3 is 2.41 bits per heavy atom. The number of nitrogens with one attached hydrogen (secondary N) is 1. The number of carbonyl (C=O) groups excluding carboxylic acids is 1. The number of anilines is 1. The second kappa shape index (κ2) is 16.6. The van der Waals surface area contributed by atoms with Crippen LogP contribution in [0.3, 0.4) is 0 Å². The molecule has 266 valence electrons. The molecule has 0 saturated carbocycles. The second-order valence-electron chi connectivity index (χ2n) is 13.2. The first kappa shape index (κ1) is 36.2. The number of fused-ring (bicyclic) bond motifs is 1. The summed E-state index contributed by atoms with van der Waals surface area (Å²) in [5.41, 5.74) is 6.50. The van der Waals surface area contributed by atoms with Crippen LogP contribution in [0.15, 0.2) is 77.3 Å². The fourth-order valence-electron chi connectivity index (χ4n) is 6.54. The third-order valence-electron chi connectivity index (χ3n) is 9.43. The predicted molar refractivity (Wildman–Crippen MR) is 199 cm³/mol. The van der Waals surface area contributed by atoms with Crippen LogP contribution in [0.25, 0.3) is 17.1 Å². The Hall–Kier alpha value is -4.62. The predicted octanol–water partition coefficient (Wildman–Crippen LogP) is 5.35. The van der Waals surface area contributed by atoms with Crippen molar-refractivity contribution >= 4 is 26.5 Å². The Morgan fingerprint density at radius 2 is 1.75 bits per heavy atom. The van der Waals surface area contributed by atoms with Gasteiger partial charge in [-0.2, -0.15) is 10.1 Å². The maximum Gasteiger partial charge on any atom is 0.274 e. The van der Waals surface area contributed by atoms with E-state index >= 15 is 0 Å². The summed E-state index contributed by atoms with van der Waals surface area (Å²) in [5.74, 6) is 1.00. The van der Waals surface area contributed by atoms with Crippen molar-refractivity contribution in [1.29, 1.82) is 0 Å². The molecule has 5 aromatic rings. The fourth-order valence-corrected chi connectivity index (χ4v) is 7.31. The summed E-state index contributed by atoms with van der Waals surface area (Å²) in [6.45, 7) is 9.75. The number of hydrogen-bond donors (Lipinski definition) is 3. The van der Waals surface area contributed by atoms with Gasteiger partial charge in [0.2, 0.25) is 21.4 Å². The molecule has 12 heteroatoms. The number of aryl methyl sites for hydroxylation is 2. The normalized spacial score (nSPS) is 15.1. The maximum atomic E-state index is 13.7. The van der Waals surface area contributed by atoms with Crippen molar-refractivity contribution in [3.8, 4) is 17.1 Å². The highest BCUT2D eigenvalue weighted by molar-refractivity contribution is 6.56. The number of carbonyl (C=O) groups is 1. The minimum Gasteiger partial charge on any atom is -0.408 e. The summed E-state index contributed by atoms with van der Waals surface area (Å²) in [6, 6.07) is 23.6. The van der Waals surface area contributed by atoms with Crippen LogP contribution in [-0.2, 0) is 13.0 Å². The summed E-state index contributed by atoms with van der Waals surface area (Å²) in [5, 5.41) is 32.6. The molecule has 3 N–H and O–H groups in total. The molecule has 0 fully saturated rings. The Balaban J connectivity index is 1.31. The van der Waals surface area contributed by atoms with Gasteiger partial charge in [-0.3, -0.25) is 9.69 Å². The lowest BCUT2D eigenvalue weighted by molar-refractivity contribution is -0.0529. The minimum atomic E-state index is -1.05. The van der Waals surface area contributed by atoms with Gasteiger partial charge in [-0.05, 0) is 66.8 Å². The van der Waals surface area contributed by atoms with Gasteiger partial charge in [0.25, 0.3) is 5.91 Å². The van der Waals surface area contributed by atoms with Crippen molar-refractivity contribution in [2.45, 2.75) is 78.6 Å². The molecule has 6 rings (SSSR count). The summed E-state index contributed by atoms with van der Waals surface area (Å²) >= 11 is 0. The fraction of sp³-hybridized carbons (Fsp3) is 0.385. The lowest BCUT2D eigenvalue weighted by Crippen LogP contribution is -2.45. The molecule has 51 heavy (non-hydrogen) atoms. The Morgan fingerprint density at radius 1 is 1.02 bits per heavy atom. The molecule has 2 aromatic heterocycles. The van der Waals surface area contributed by atoms with Crippen molar-refractivity contribution < 1.29 is 19.5 Å². The number of amides is 1. The van der Waals surface area contributed by atoms with E-state index in [9.17, 15) is 15.0 Å². The van der Waals surface area contributed by atoms with E-state index in [1.165, 1.54) is 5.56 Å². The zero-order valence-corrected chi connectivity index (χ0v) is 30.8. The largest absolute Gasteiger partial charge is 0.408 e. The molecule has 3 aromatic carbocycles. The lowest BCUT2D eigenvalue weighted by atomic mass is 9.93. The van der Waals surface area contributed by atoms with Crippen LogP contribution in [0.2, 0.25) is 0 Å². The van der Waals surface area contributed by atoms with E-state index in [-0.39, 0.29) is 28.2 Å². The molecule has 2 radical (unpaired) electrons. The van der Waals surface area contributed by atoms with Gasteiger partial charge in [0.1, 0.15) is 6.23 Å². The van der Waals surface area contributed by atoms with Crippen molar-refractivity contribution in [2.75, 3.05) is 24.7 Å². The molecule has 3 heterocycles. The van der Waals surface area contributed by atoms with Crippen molar-refractivity contribution in [3.05, 3.63) is 107 Å². The number of benzene rings is 3. The van der Waals surface area contributed by atoms with Crippen molar-refractivity contribution in [3.63, 3.8) is 0 Å². The molecule has 0 saturated heterocycles. The highest BCUT2D eigenvalue weighted by Crippen LogP contribution is 2.34. The van der Waals surface area contributed by atoms with Crippen LogP contribution in [0, 0.1) is 13.8 Å². The number of aliphatic hydroxyl groups excluding tert-OH is 2. The van der Waals surface area contributed by atoms with Gasteiger partial charge in [-0.25, -0.2) is 4.68 Å². The van der Waals surface area contributed by atoms with Gasteiger partial charge in [0, 0.05) is 55.1 Å². The van der Waals surface area contributed by atoms with Crippen LogP contribution in [-0.4, -0.2) is 81.3 Å². The molecular formula is C39H47N7O4Si. The summed E-state index contributed by atoms with van der Waals surface area (Å²) < 4.78 is 6.89. The number of hydrogen-bond acceptors (Lipinski definition) is 9. The van der Waals surface area contributed by atoms with E-state index < -0.39 is 6.23 Å². The minimum absolute atomic E-state index is 0.0752. The third-order valence-corrected chi connectivity index (χ3v) is 10.5. The smallest absolute Gasteiger partial charge is 0.274 e. The molecule has 2 atom stereocenters. The molecule has 11 nitrogen and oxygen atoms in total. The summed E-state index contributed by atoms with van der Waals surface area (Å²) in [7, 11) is 0.244. The van der Waals surface area contributed by atoms with Gasteiger partial charge >= 0.3 is 0 Å². The number of rotatable bonds is 15. The number of unbranched alkanes of at least 4 members (excludes halogenated alkanes) is 2. The molecule has 1 aliphatic rings. The Bertz CT molecular complexity index is 1920. The molecule has 0 spiro atoms. The van der Waals surface area contributed by atoms with Gasteiger partial charge in [-0.15, -0.1) is 0 Å². The van der Waals surface area contributed by atoms with Gasteiger partial charge < -0.3 is 24.6 Å². The van der Waals surface area contributed by atoms with E-state index in [0.717, 1.165) is 53.4 Å². The molecule has 1 unspecified atom stereocenters. The van der Waals surface area contributed by atoms with Gasteiger partial charge in [-0.1, -0.05) is 80.4 Å². The van der Waals surface area contributed by atoms with Gasteiger partial charge in [0.05, 0.1) is 12.3 Å². The second-order valence-corrected chi connectivity index (χ2v) is 14.3.